The highest BCUT2D eigenvalue weighted by Crippen LogP contribution is 2.30. The lowest BCUT2D eigenvalue weighted by Gasteiger charge is -2.23. The van der Waals surface area contributed by atoms with Gasteiger partial charge < -0.3 is 10.1 Å². The van der Waals surface area contributed by atoms with E-state index >= 15 is 0 Å². The Labute approximate surface area is 143 Å². The van der Waals surface area contributed by atoms with Gasteiger partial charge in [0.2, 0.25) is 5.91 Å². The van der Waals surface area contributed by atoms with Crippen LogP contribution in [0.25, 0.3) is 10.3 Å². The molecule has 0 bridgehead atoms. The van der Waals surface area contributed by atoms with Gasteiger partial charge in [-0.25, -0.2) is 9.78 Å². The second-order valence-electron chi connectivity index (χ2n) is 6.81. The fraction of sp³-hybridized carbons (Fsp3) is 0.500. The van der Waals surface area contributed by atoms with Crippen LogP contribution in [-0.2, 0) is 9.53 Å². The highest BCUT2D eigenvalue weighted by Gasteiger charge is 2.25. The molecule has 2 aromatic heterocycles. The zero-order valence-electron chi connectivity index (χ0n) is 13.9. The Kier molecular flexibility index (Phi) is 4.40. The van der Waals surface area contributed by atoms with Crippen LogP contribution in [0.4, 0.5) is 15.6 Å². The average molecular weight is 348 g/mol. The molecule has 1 fully saturated rings. The Morgan fingerprint density at radius 2 is 2.04 bits per heavy atom. The second-order valence-corrected chi connectivity index (χ2v) is 7.84. The Balaban J connectivity index is 1.69. The summed E-state index contributed by atoms with van der Waals surface area (Å²) < 4.78 is 5.98. The van der Waals surface area contributed by atoms with Crippen LogP contribution < -0.4 is 10.6 Å². The Morgan fingerprint density at radius 1 is 1.29 bits per heavy atom. The minimum Gasteiger partial charge on any atom is -0.444 e. The molecule has 128 valence electrons. The highest BCUT2D eigenvalue weighted by molar-refractivity contribution is 7.22. The number of nitrogens with one attached hydrogen (secondary N) is 2. The van der Waals surface area contributed by atoms with Crippen molar-refractivity contribution in [2.75, 3.05) is 10.6 Å². The number of ether oxygens (including phenoxy) is 1. The maximum Gasteiger partial charge on any atom is 0.413 e. The van der Waals surface area contributed by atoms with Crippen molar-refractivity contribution in [1.29, 1.82) is 0 Å². The van der Waals surface area contributed by atoms with E-state index in [4.69, 9.17) is 4.74 Å². The van der Waals surface area contributed by atoms with Gasteiger partial charge in [0.05, 0.1) is 16.6 Å². The molecule has 7 nitrogen and oxygen atoms in total. The zero-order valence-corrected chi connectivity index (χ0v) is 14.7. The average Bonchev–Trinajstić information content (AvgIpc) is 2.75. The number of pyridine rings is 1. The molecule has 0 saturated heterocycles. The van der Waals surface area contributed by atoms with Crippen LogP contribution in [0.5, 0.6) is 0 Å². The molecule has 24 heavy (non-hydrogen) atoms. The standard InChI is InChI=1S/C16H20N4O3S/c1-16(2,3)23-15(22)20-14-19-12-11(24-14)7-10(8-17-12)18-13(21)9-5-4-6-9/h7-9H,4-6H2,1-3H3,(H,18,21)(H,17,19,20,22). The van der Waals surface area contributed by atoms with E-state index in [1.165, 1.54) is 11.3 Å². The van der Waals surface area contributed by atoms with Gasteiger partial charge in [-0.2, -0.15) is 4.98 Å². The highest BCUT2D eigenvalue weighted by atomic mass is 32.1. The van der Waals surface area contributed by atoms with Gasteiger partial charge in [0.25, 0.3) is 0 Å². The number of thiazole rings is 1. The monoisotopic (exact) mass is 348 g/mol. The summed E-state index contributed by atoms with van der Waals surface area (Å²) in [5.41, 5.74) is 0.595. The first kappa shape index (κ1) is 16.6. The second kappa shape index (κ2) is 6.35. The number of nitrogens with zero attached hydrogens (tertiary/aromatic N) is 2. The summed E-state index contributed by atoms with van der Waals surface area (Å²) in [4.78, 5) is 32.3. The number of hydrogen-bond acceptors (Lipinski definition) is 6. The van der Waals surface area contributed by atoms with Crippen molar-refractivity contribution in [1.82, 2.24) is 9.97 Å². The molecule has 0 unspecified atom stereocenters. The lowest BCUT2D eigenvalue weighted by Crippen LogP contribution is -2.28. The predicted octanol–water partition coefficient (Wildman–Crippen LogP) is 3.78. The van der Waals surface area contributed by atoms with Crippen molar-refractivity contribution >= 4 is 44.5 Å². The van der Waals surface area contributed by atoms with Crippen LogP contribution >= 0.6 is 11.3 Å². The molecule has 0 aromatic carbocycles. The lowest BCUT2D eigenvalue weighted by atomic mass is 9.85. The van der Waals surface area contributed by atoms with Gasteiger partial charge in [0.15, 0.2) is 10.8 Å². The van der Waals surface area contributed by atoms with Crippen LogP contribution in [0.2, 0.25) is 0 Å². The molecule has 8 heteroatoms. The van der Waals surface area contributed by atoms with E-state index in [2.05, 4.69) is 20.6 Å². The maximum absolute atomic E-state index is 12.0. The fourth-order valence-electron chi connectivity index (χ4n) is 2.25. The van der Waals surface area contributed by atoms with Crippen molar-refractivity contribution in [2.45, 2.75) is 45.6 Å². The van der Waals surface area contributed by atoms with Gasteiger partial charge in [-0.1, -0.05) is 17.8 Å². The molecule has 2 N–H and O–H groups in total. The van der Waals surface area contributed by atoms with Crippen LogP contribution in [0, 0.1) is 5.92 Å². The van der Waals surface area contributed by atoms with Crippen LogP contribution in [-0.4, -0.2) is 27.6 Å². The quantitative estimate of drug-likeness (QED) is 0.880. The number of carbonyl (C=O) groups excluding carboxylic acids is 2. The van der Waals surface area contributed by atoms with Crippen LogP contribution in [0.1, 0.15) is 40.0 Å². The van der Waals surface area contributed by atoms with E-state index in [1.807, 2.05) is 6.07 Å². The van der Waals surface area contributed by atoms with Crippen molar-refractivity contribution in [3.63, 3.8) is 0 Å². The third-order valence-corrected chi connectivity index (χ3v) is 4.51. The minimum atomic E-state index is -0.571. The topological polar surface area (TPSA) is 93.2 Å². The normalized spacial score (nSPS) is 15.0. The molecular weight excluding hydrogens is 328 g/mol. The summed E-state index contributed by atoms with van der Waals surface area (Å²) >= 11 is 1.28. The number of hydrogen-bond donors (Lipinski definition) is 2. The number of fused-ring (bicyclic) bond motifs is 1. The predicted molar refractivity (Wildman–Crippen MR) is 93.2 cm³/mol. The van der Waals surface area contributed by atoms with Crippen LogP contribution in [0.3, 0.4) is 0 Å². The summed E-state index contributed by atoms with van der Waals surface area (Å²) in [6.45, 7) is 5.39. The molecular formula is C16H20N4O3S. The first-order chi connectivity index (χ1) is 11.3. The molecule has 1 aliphatic carbocycles. The van der Waals surface area contributed by atoms with Crippen molar-refractivity contribution in [2.24, 2.45) is 5.92 Å². The third-order valence-electron chi connectivity index (χ3n) is 3.60. The van der Waals surface area contributed by atoms with Crippen molar-refractivity contribution in [3.8, 4) is 0 Å². The van der Waals surface area contributed by atoms with E-state index in [0.717, 1.165) is 24.0 Å². The van der Waals surface area contributed by atoms with Crippen molar-refractivity contribution < 1.29 is 14.3 Å². The Bertz CT molecular complexity index is 777. The molecule has 2 heterocycles. The van der Waals surface area contributed by atoms with Gasteiger partial charge in [0.1, 0.15) is 5.60 Å². The first-order valence-corrected chi connectivity index (χ1v) is 8.69. The minimum absolute atomic E-state index is 0.0408. The number of anilines is 2. The molecule has 0 atom stereocenters. The summed E-state index contributed by atoms with van der Waals surface area (Å²) in [7, 11) is 0. The number of amides is 2. The summed E-state index contributed by atoms with van der Waals surface area (Å²) in [5, 5.41) is 5.90. The molecule has 1 saturated carbocycles. The Morgan fingerprint density at radius 3 is 2.67 bits per heavy atom. The van der Waals surface area contributed by atoms with Gasteiger partial charge >= 0.3 is 6.09 Å². The molecule has 0 radical (unpaired) electrons. The smallest absolute Gasteiger partial charge is 0.413 e. The SMILES string of the molecule is CC(C)(C)OC(=O)Nc1nc2ncc(NC(=O)C3CCC3)cc2s1. The van der Waals surface area contributed by atoms with Gasteiger partial charge in [-0.05, 0) is 39.7 Å². The number of rotatable bonds is 3. The van der Waals surface area contributed by atoms with Crippen LogP contribution in [0.15, 0.2) is 12.3 Å². The third kappa shape index (κ3) is 4.00. The summed E-state index contributed by atoms with van der Waals surface area (Å²) in [6.07, 6.45) is 4.04. The van der Waals surface area contributed by atoms with E-state index < -0.39 is 11.7 Å². The molecule has 2 amide bonds. The molecule has 0 spiro atoms. The fourth-order valence-corrected chi connectivity index (χ4v) is 3.10. The van der Waals surface area contributed by atoms with E-state index in [1.54, 1.807) is 27.0 Å². The molecule has 2 aromatic rings. The van der Waals surface area contributed by atoms with E-state index in [-0.39, 0.29) is 11.8 Å². The molecule has 1 aliphatic rings. The summed E-state index contributed by atoms with van der Waals surface area (Å²) in [6, 6.07) is 1.82. The van der Waals surface area contributed by atoms with Gasteiger partial charge in [-0.3, -0.25) is 10.1 Å². The zero-order chi connectivity index (χ0) is 17.3. The summed E-state index contributed by atoms with van der Waals surface area (Å²) in [5.74, 6) is 0.158. The van der Waals surface area contributed by atoms with E-state index in [9.17, 15) is 9.59 Å². The number of aromatic nitrogens is 2. The van der Waals surface area contributed by atoms with E-state index in [0.29, 0.717) is 16.5 Å². The Hall–Kier alpha value is -2.22. The number of carbonyl (C=O) groups is 2. The molecule has 3 rings (SSSR count). The maximum atomic E-state index is 12.0. The van der Waals surface area contributed by atoms with Gasteiger partial charge in [-0.15, -0.1) is 0 Å². The lowest BCUT2D eigenvalue weighted by molar-refractivity contribution is -0.122. The van der Waals surface area contributed by atoms with Gasteiger partial charge in [0, 0.05) is 5.92 Å². The first-order valence-electron chi connectivity index (χ1n) is 7.87. The van der Waals surface area contributed by atoms with Crippen molar-refractivity contribution in [3.05, 3.63) is 12.3 Å². The molecule has 0 aliphatic heterocycles. The largest absolute Gasteiger partial charge is 0.444 e.